The van der Waals surface area contributed by atoms with Gasteiger partial charge >= 0.3 is 12.7 Å². The number of benzene rings is 2. The molecule has 1 aliphatic rings. The molecule has 120 valence electrons. The van der Waals surface area contributed by atoms with E-state index in [0.29, 0.717) is 17.9 Å². The van der Waals surface area contributed by atoms with Gasteiger partial charge < -0.3 is 24.5 Å². The van der Waals surface area contributed by atoms with E-state index in [1.165, 1.54) is 6.07 Å². The molecule has 1 aliphatic heterocycles. The van der Waals surface area contributed by atoms with Gasteiger partial charge in [-0.1, -0.05) is 36.4 Å². The van der Waals surface area contributed by atoms with Gasteiger partial charge in [-0.3, -0.25) is 4.79 Å². The van der Waals surface area contributed by atoms with Gasteiger partial charge in [0.2, 0.25) is 0 Å². The van der Waals surface area contributed by atoms with Crippen molar-refractivity contribution < 1.29 is 29.3 Å². The van der Waals surface area contributed by atoms with Crippen LogP contribution in [-0.2, 0) is 16.1 Å². The highest BCUT2D eigenvalue weighted by molar-refractivity contribution is 6.74. The number of hydrogen-bond acceptors (Lipinski definition) is 5. The van der Waals surface area contributed by atoms with E-state index in [4.69, 9.17) is 14.5 Å². The number of carbonyl (C=O) groups is 1. The van der Waals surface area contributed by atoms with Crippen LogP contribution in [0.2, 0.25) is 0 Å². The molecule has 3 rings (SSSR count). The van der Waals surface area contributed by atoms with Crippen molar-refractivity contribution in [3.8, 4) is 5.75 Å². The lowest BCUT2D eigenvalue weighted by molar-refractivity contribution is -0.139. The third-order valence-electron chi connectivity index (χ3n) is 3.77. The Morgan fingerprint density at radius 1 is 1.17 bits per heavy atom. The summed E-state index contributed by atoms with van der Waals surface area (Å²) in [5.41, 5.74) is 1.63. The van der Waals surface area contributed by atoms with E-state index in [9.17, 15) is 14.8 Å². The second kappa shape index (κ2) is 6.04. The minimum Gasteiger partial charge on any atom is -0.556 e. The Kier molecular flexibility index (Phi) is 4.08. The van der Waals surface area contributed by atoms with Crippen LogP contribution in [0.1, 0.15) is 23.7 Å². The molecule has 0 saturated carbocycles. The molecule has 7 heteroatoms. The lowest BCUT2D eigenvalue weighted by Gasteiger charge is -2.24. The van der Waals surface area contributed by atoms with Gasteiger partial charge in [0.15, 0.2) is 0 Å². The average Bonchev–Trinajstić information content (AvgIpc) is 2.76. The number of rotatable bonds is 5. The summed E-state index contributed by atoms with van der Waals surface area (Å²) >= 11 is 0. The first kappa shape index (κ1) is 15.5. The number of hydrogen-bond donors (Lipinski definition) is 3. The number of carboxylic acid groups (broad SMARTS) is 1. The summed E-state index contributed by atoms with van der Waals surface area (Å²) in [6.45, 7) is -2.81. The van der Waals surface area contributed by atoms with E-state index in [0.717, 1.165) is 5.56 Å². The third-order valence-corrected chi connectivity index (χ3v) is 3.77. The van der Waals surface area contributed by atoms with Crippen LogP contribution in [0.3, 0.4) is 0 Å². The Labute approximate surface area is 132 Å². The SMILES string of the molecule is O=C(O)C[C@@H]1O[B-](O)(O)c2ccc(OCc3ccccc3)cc21. The van der Waals surface area contributed by atoms with Crippen LogP contribution in [-0.4, -0.2) is 27.9 Å². The molecule has 0 radical (unpaired) electrons. The lowest BCUT2D eigenvalue weighted by atomic mass is 9.70. The van der Waals surface area contributed by atoms with Crippen molar-refractivity contribution in [2.75, 3.05) is 0 Å². The summed E-state index contributed by atoms with van der Waals surface area (Å²) in [6, 6.07) is 14.3. The van der Waals surface area contributed by atoms with Gasteiger partial charge in [0, 0.05) is 6.10 Å². The highest BCUT2D eigenvalue weighted by Crippen LogP contribution is 2.32. The summed E-state index contributed by atoms with van der Waals surface area (Å²) < 4.78 is 10.8. The molecule has 0 saturated heterocycles. The Morgan fingerprint density at radius 3 is 2.61 bits per heavy atom. The Hall–Kier alpha value is -2.35. The fourth-order valence-electron chi connectivity index (χ4n) is 2.70. The van der Waals surface area contributed by atoms with Crippen molar-refractivity contribution in [2.24, 2.45) is 0 Å². The van der Waals surface area contributed by atoms with Gasteiger partial charge in [0.05, 0.1) is 6.42 Å². The maximum absolute atomic E-state index is 10.9. The van der Waals surface area contributed by atoms with Crippen molar-refractivity contribution in [3.05, 3.63) is 59.7 Å². The smallest absolute Gasteiger partial charge is 0.405 e. The molecule has 0 aliphatic carbocycles. The van der Waals surface area contributed by atoms with Gasteiger partial charge in [0.25, 0.3) is 0 Å². The molecule has 23 heavy (non-hydrogen) atoms. The van der Waals surface area contributed by atoms with Crippen molar-refractivity contribution in [3.63, 3.8) is 0 Å². The monoisotopic (exact) mass is 315 g/mol. The first-order valence-electron chi connectivity index (χ1n) is 7.25. The van der Waals surface area contributed by atoms with Gasteiger partial charge in [-0.15, -0.1) is 5.46 Å². The molecule has 0 unspecified atom stereocenters. The summed E-state index contributed by atoms with van der Waals surface area (Å²) in [5.74, 6) is -0.565. The van der Waals surface area contributed by atoms with Crippen LogP contribution in [0.4, 0.5) is 0 Å². The normalized spacial score (nSPS) is 18.4. The molecule has 6 nitrogen and oxygen atoms in total. The fraction of sp³-hybridized carbons (Fsp3) is 0.188. The first-order valence-corrected chi connectivity index (χ1v) is 7.25. The van der Waals surface area contributed by atoms with Crippen molar-refractivity contribution in [1.82, 2.24) is 0 Å². The highest BCUT2D eigenvalue weighted by Gasteiger charge is 2.38. The summed E-state index contributed by atoms with van der Waals surface area (Å²) in [5, 5.41) is 28.7. The lowest BCUT2D eigenvalue weighted by Crippen LogP contribution is -2.47. The van der Waals surface area contributed by atoms with E-state index in [-0.39, 0.29) is 11.9 Å². The van der Waals surface area contributed by atoms with E-state index in [1.807, 2.05) is 30.3 Å². The molecule has 0 aromatic heterocycles. The second-order valence-corrected chi connectivity index (χ2v) is 5.49. The summed E-state index contributed by atoms with van der Waals surface area (Å²) in [4.78, 5) is 10.9. The average molecular weight is 315 g/mol. The van der Waals surface area contributed by atoms with E-state index >= 15 is 0 Å². The van der Waals surface area contributed by atoms with Crippen molar-refractivity contribution in [1.29, 1.82) is 0 Å². The number of fused-ring (bicyclic) bond motifs is 1. The molecular formula is C16H16BO6-. The molecule has 1 heterocycles. The molecular weight excluding hydrogens is 299 g/mol. The molecule has 2 aromatic rings. The predicted octanol–water partition coefficient (Wildman–Crippen LogP) is 0.942. The topological polar surface area (TPSA) is 96.2 Å². The second-order valence-electron chi connectivity index (χ2n) is 5.49. The van der Waals surface area contributed by atoms with Crippen LogP contribution in [0.15, 0.2) is 48.5 Å². The van der Waals surface area contributed by atoms with Gasteiger partial charge in [-0.25, -0.2) is 0 Å². The number of carboxylic acids is 1. The summed E-state index contributed by atoms with van der Waals surface area (Å²) in [6.07, 6.45) is -1.25. The minimum atomic E-state index is -3.17. The molecule has 3 N–H and O–H groups in total. The van der Waals surface area contributed by atoms with Crippen molar-refractivity contribution in [2.45, 2.75) is 19.1 Å². The molecule has 0 fully saturated rings. The molecule has 0 bridgehead atoms. The first-order chi connectivity index (χ1) is 11.0. The Balaban J connectivity index is 1.81. The zero-order chi connectivity index (χ0) is 16.4. The van der Waals surface area contributed by atoms with E-state index in [1.54, 1.807) is 12.1 Å². The fourth-order valence-corrected chi connectivity index (χ4v) is 2.70. The highest BCUT2D eigenvalue weighted by atomic mass is 16.6. The van der Waals surface area contributed by atoms with Crippen molar-refractivity contribution >= 4 is 18.2 Å². The maximum atomic E-state index is 10.9. The maximum Gasteiger partial charge on any atom is 0.405 e. The summed E-state index contributed by atoms with van der Waals surface area (Å²) in [7, 11) is 0. The van der Waals surface area contributed by atoms with Gasteiger partial charge in [-0.2, -0.15) is 0 Å². The number of ether oxygens (including phenoxy) is 1. The van der Waals surface area contributed by atoms with Crippen LogP contribution in [0.5, 0.6) is 5.75 Å². The Morgan fingerprint density at radius 2 is 1.91 bits per heavy atom. The quantitative estimate of drug-likeness (QED) is 0.711. The van der Waals surface area contributed by atoms with Crippen LogP contribution in [0.25, 0.3) is 0 Å². The zero-order valence-electron chi connectivity index (χ0n) is 12.3. The number of aliphatic carboxylic acids is 1. The van der Waals surface area contributed by atoms with Gasteiger partial charge in [0.1, 0.15) is 12.4 Å². The molecule has 1 atom stereocenters. The minimum absolute atomic E-state index is 0.198. The zero-order valence-corrected chi connectivity index (χ0v) is 12.3. The molecule has 2 aromatic carbocycles. The standard InChI is InChI=1S/C16H16BO6/c18-16(19)9-15-13-8-12(6-7-14(13)17(20,21)23-15)22-10-11-4-2-1-3-5-11/h1-8,15,20-21H,9-10H2,(H,18,19)/q-1/t15-/m0/s1. The molecule has 0 amide bonds. The predicted molar refractivity (Wildman–Crippen MR) is 83.1 cm³/mol. The van der Waals surface area contributed by atoms with Crippen LogP contribution < -0.4 is 10.2 Å². The van der Waals surface area contributed by atoms with E-state index in [2.05, 4.69) is 0 Å². The van der Waals surface area contributed by atoms with E-state index < -0.39 is 18.8 Å². The van der Waals surface area contributed by atoms with Gasteiger partial charge in [-0.05, 0) is 23.3 Å². The Bertz CT molecular complexity index is 716. The molecule has 0 spiro atoms. The third kappa shape index (κ3) is 3.37. The van der Waals surface area contributed by atoms with Crippen LogP contribution in [0, 0.1) is 0 Å². The largest absolute Gasteiger partial charge is 0.556 e. The van der Waals surface area contributed by atoms with Crippen LogP contribution >= 0.6 is 0 Å².